The third kappa shape index (κ3) is 11.0. The van der Waals surface area contributed by atoms with Crippen LogP contribution in [0.2, 0.25) is 0 Å². The molecule has 23 heavy (non-hydrogen) atoms. The summed E-state index contributed by atoms with van der Waals surface area (Å²) in [4.78, 5) is 10.4. The van der Waals surface area contributed by atoms with Gasteiger partial charge in [0.1, 0.15) is 5.75 Å². The highest BCUT2D eigenvalue weighted by molar-refractivity contribution is 9.09. The van der Waals surface area contributed by atoms with Crippen molar-refractivity contribution in [3.8, 4) is 5.75 Å². The van der Waals surface area contributed by atoms with E-state index in [0.717, 1.165) is 35.7 Å². The molecule has 0 bridgehead atoms. The molecule has 3 nitrogen and oxygen atoms in total. The first kappa shape index (κ1) is 19.8. The van der Waals surface area contributed by atoms with E-state index in [1.165, 1.54) is 44.9 Å². The van der Waals surface area contributed by atoms with Crippen molar-refractivity contribution in [1.82, 2.24) is 0 Å². The monoisotopic (exact) mass is 382 g/mol. The van der Waals surface area contributed by atoms with Gasteiger partial charge in [0.2, 0.25) is 0 Å². The fourth-order valence-corrected chi connectivity index (χ4v) is 2.69. The van der Waals surface area contributed by atoms with E-state index in [1.807, 2.05) is 24.3 Å². The minimum absolute atomic E-state index is 0.744. The third-order valence-corrected chi connectivity index (χ3v) is 4.16. The van der Waals surface area contributed by atoms with Crippen LogP contribution in [0.5, 0.6) is 5.75 Å². The number of rotatable bonds is 13. The van der Waals surface area contributed by atoms with E-state index in [9.17, 15) is 4.79 Å². The average Bonchev–Trinajstić information content (AvgIpc) is 2.55. The zero-order chi connectivity index (χ0) is 16.8. The first-order valence-corrected chi connectivity index (χ1v) is 9.54. The van der Waals surface area contributed by atoms with Crippen molar-refractivity contribution in [3.63, 3.8) is 0 Å². The highest BCUT2D eigenvalue weighted by Crippen LogP contribution is 2.14. The van der Waals surface area contributed by atoms with Gasteiger partial charge in [-0.05, 0) is 36.6 Å². The number of carboxylic acid groups (broad SMARTS) is 1. The van der Waals surface area contributed by atoms with Gasteiger partial charge in [0.25, 0.3) is 0 Å². The van der Waals surface area contributed by atoms with Crippen LogP contribution in [0, 0.1) is 0 Å². The minimum atomic E-state index is -0.937. The lowest BCUT2D eigenvalue weighted by Gasteiger charge is -2.06. The standard InChI is InChI=1S/C19H27BrO3/c20-15-7-5-3-1-2-4-6-8-16-23-18-12-9-17(10-13-18)11-14-19(21)22/h9-14H,1-8,15-16H2,(H,21,22)/b14-11+. The Morgan fingerprint density at radius 2 is 1.52 bits per heavy atom. The van der Waals surface area contributed by atoms with Crippen LogP contribution in [-0.4, -0.2) is 23.0 Å². The van der Waals surface area contributed by atoms with Gasteiger partial charge in [-0.3, -0.25) is 0 Å². The predicted octanol–water partition coefficient (Wildman–Crippen LogP) is 5.68. The molecule has 0 aliphatic carbocycles. The minimum Gasteiger partial charge on any atom is -0.494 e. The summed E-state index contributed by atoms with van der Waals surface area (Å²) in [6.45, 7) is 0.744. The summed E-state index contributed by atoms with van der Waals surface area (Å²) in [6.07, 6.45) is 13.0. The molecular formula is C19H27BrO3. The zero-order valence-corrected chi connectivity index (χ0v) is 15.3. The first-order chi connectivity index (χ1) is 11.2. The van der Waals surface area contributed by atoms with Crippen molar-refractivity contribution < 1.29 is 14.6 Å². The maximum atomic E-state index is 10.4. The molecule has 0 radical (unpaired) electrons. The Labute approximate surface area is 147 Å². The molecule has 0 atom stereocenters. The highest BCUT2D eigenvalue weighted by atomic mass is 79.9. The number of alkyl halides is 1. The van der Waals surface area contributed by atoms with E-state index < -0.39 is 5.97 Å². The molecule has 0 aliphatic heterocycles. The molecule has 128 valence electrons. The van der Waals surface area contributed by atoms with E-state index in [4.69, 9.17) is 9.84 Å². The summed E-state index contributed by atoms with van der Waals surface area (Å²) in [5.74, 6) is -0.0966. The molecule has 0 saturated heterocycles. The van der Waals surface area contributed by atoms with Crippen molar-refractivity contribution in [2.24, 2.45) is 0 Å². The molecule has 0 aromatic heterocycles. The van der Waals surface area contributed by atoms with Gasteiger partial charge in [-0.1, -0.05) is 66.6 Å². The Morgan fingerprint density at radius 3 is 2.09 bits per heavy atom. The molecule has 0 spiro atoms. The summed E-state index contributed by atoms with van der Waals surface area (Å²) in [5, 5.41) is 9.70. The number of carbonyl (C=O) groups is 1. The van der Waals surface area contributed by atoms with Crippen LogP contribution in [0.3, 0.4) is 0 Å². The normalized spacial score (nSPS) is 11.0. The Balaban J connectivity index is 2.04. The summed E-state index contributed by atoms with van der Waals surface area (Å²) >= 11 is 3.46. The van der Waals surface area contributed by atoms with Gasteiger partial charge < -0.3 is 9.84 Å². The lowest BCUT2D eigenvalue weighted by atomic mass is 10.1. The average molecular weight is 383 g/mol. The molecular weight excluding hydrogens is 356 g/mol. The van der Waals surface area contributed by atoms with E-state index in [0.29, 0.717) is 0 Å². The molecule has 1 aromatic carbocycles. The van der Waals surface area contributed by atoms with Gasteiger partial charge in [-0.2, -0.15) is 0 Å². The maximum absolute atomic E-state index is 10.4. The number of aliphatic carboxylic acids is 1. The van der Waals surface area contributed by atoms with Gasteiger partial charge in [0.15, 0.2) is 0 Å². The van der Waals surface area contributed by atoms with Gasteiger partial charge in [0, 0.05) is 11.4 Å². The first-order valence-electron chi connectivity index (χ1n) is 8.42. The number of halogens is 1. The number of benzene rings is 1. The van der Waals surface area contributed by atoms with Crippen molar-refractivity contribution >= 4 is 28.0 Å². The number of unbranched alkanes of at least 4 members (excludes halogenated alkanes) is 7. The van der Waals surface area contributed by atoms with Gasteiger partial charge in [0.05, 0.1) is 6.61 Å². The fraction of sp³-hybridized carbons (Fsp3) is 0.526. The third-order valence-electron chi connectivity index (χ3n) is 3.60. The topological polar surface area (TPSA) is 46.5 Å². The molecule has 0 unspecified atom stereocenters. The van der Waals surface area contributed by atoms with Crippen molar-refractivity contribution in [1.29, 1.82) is 0 Å². The molecule has 0 heterocycles. The Morgan fingerprint density at radius 1 is 0.957 bits per heavy atom. The lowest BCUT2D eigenvalue weighted by Crippen LogP contribution is -1.97. The Kier molecular flexibility index (Phi) is 11.3. The van der Waals surface area contributed by atoms with Crippen LogP contribution >= 0.6 is 15.9 Å². The molecule has 0 fully saturated rings. The van der Waals surface area contributed by atoms with Crippen LogP contribution in [-0.2, 0) is 4.79 Å². The molecule has 0 saturated carbocycles. The second-order valence-electron chi connectivity index (χ2n) is 5.61. The van der Waals surface area contributed by atoms with Crippen LogP contribution in [0.1, 0.15) is 56.9 Å². The molecule has 0 aliphatic rings. The predicted molar refractivity (Wildman–Crippen MR) is 99.3 cm³/mol. The Bertz CT molecular complexity index is 454. The number of ether oxygens (including phenoxy) is 1. The van der Waals surface area contributed by atoms with Crippen LogP contribution in [0.4, 0.5) is 0 Å². The van der Waals surface area contributed by atoms with Crippen LogP contribution in [0.25, 0.3) is 6.08 Å². The summed E-state index contributed by atoms with van der Waals surface area (Å²) < 4.78 is 5.70. The van der Waals surface area contributed by atoms with Crippen molar-refractivity contribution in [3.05, 3.63) is 35.9 Å². The summed E-state index contributed by atoms with van der Waals surface area (Å²) in [5.41, 5.74) is 0.861. The molecule has 0 amide bonds. The largest absolute Gasteiger partial charge is 0.494 e. The van der Waals surface area contributed by atoms with Gasteiger partial charge in [-0.25, -0.2) is 4.79 Å². The van der Waals surface area contributed by atoms with E-state index in [2.05, 4.69) is 15.9 Å². The molecule has 1 N–H and O–H groups in total. The second kappa shape index (κ2) is 13.2. The SMILES string of the molecule is O=C(O)/C=C/c1ccc(OCCCCCCCCCCBr)cc1. The molecule has 1 rings (SSSR count). The van der Waals surface area contributed by atoms with Crippen molar-refractivity contribution in [2.45, 2.75) is 51.4 Å². The van der Waals surface area contributed by atoms with E-state index in [1.54, 1.807) is 6.08 Å². The van der Waals surface area contributed by atoms with Crippen LogP contribution in [0.15, 0.2) is 30.3 Å². The molecule has 1 aromatic rings. The lowest BCUT2D eigenvalue weighted by molar-refractivity contribution is -0.131. The van der Waals surface area contributed by atoms with Gasteiger partial charge >= 0.3 is 5.97 Å². The van der Waals surface area contributed by atoms with E-state index >= 15 is 0 Å². The molecule has 4 heteroatoms. The summed E-state index contributed by atoms with van der Waals surface area (Å²) in [7, 11) is 0. The fourth-order valence-electron chi connectivity index (χ4n) is 2.29. The number of hydrogen-bond donors (Lipinski definition) is 1. The van der Waals surface area contributed by atoms with Crippen molar-refractivity contribution in [2.75, 3.05) is 11.9 Å². The van der Waals surface area contributed by atoms with Crippen LogP contribution < -0.4 is 4.74 Å². The second-order valence-corrected chi connectivity index (χ2v) is 6.40. The number of hydrogen-bond acceptors (Lipinski definition) is 2. The highest BCUT2D eigenvalue weighted by Gasteiger charge is 1.96. The van der Waals surface area contributed by atoms with E-state index in [-0.39, 0.29) is 0 Å². The van der Waals surface area contributed by atoms with Gasteiger partial charge in [-0.15, -0.1) is 0 Å². The zero-order valence-electron chi connectivity index (χ0n) is 13.7. The summed E-state index contributed by atoms with van der Waals surface area (Å²) in [6, 6.07) is 7.49. The number of carboxylic acids is 1. The quantitative estimate of drug-likeness (QED) is 0.271. The maximum Gasteiger partial charge on any atom is 0.328 e. The Hall–Kier alpha value is -1.29. The smallest absolute Gasteiger partial charge is 0.328 e.